The molecule has 1 saturated carbocycles. The smallest absolute Gasteiger partial charge is 0.251 e. The molecule has 3 N–H and O–H groups in total. The van der Waals surface area contributed by atoms with Gasteiger partial charge in [-0.2, -0.15) is 0 Å². The molecule has 1 aromatic carbocycles. The number of halogens is 1. The highest BCUT2D eigenvalue weighted by Gasteiger charge is 2.37. The molecule has 0 spiro atoms. The van der Waals surface area contributed by atoms with E-state index in [-0.39, 0.29) is 30.3 Å². The fourth-order valence-corrected chi connectivity index (χ4v) is 3.99. The predicted octanol–water partition coefficient (Wildman–Crippen LogP) is 2.05. The van der Waals surface area contributed by atoms with Gasteiger partial charge >= 0.3 is 0 Å². The normalized spacial score (nSPS) is 24.8. The van der Waals surface area contributed by atoms with Crippen LogP contribution in [0.15, 0.2) is 24.3 Å². The van der Waals surface area contributed by atoms with Gasteiger partial charge in [0.25, 0.3) is 5.91 Å². The maximum absolute atomic E-state index is 12.4. The van der Waals surface area contributed by atoms with Crippen molar-refractivity contribution in [2.24, 2.45) is 5.92 Å². The second kappa shape index (κ2) is 9.20. The Kier molecular flexibility index (Phi) is 7.26. The Bertz CT molecular complexity index is 594. The minimum Gasteiger partial charge on any atom is -0.355 e. The van der Waals surface area contributed by atoms with Crippen LogP contribution in [-0.4, -0.2) is 37.5 Å². The number of carbonyl (C=O) groups is 2. The molecule has 2 amide bonds. The van der Waals surface area contributed by atoms with Crippen molar-refractivity contribution in [1.29, 1.82) is 0 Å². The second-order valence-electron chi connectivity index (χ2n) is 6.93. The van der Waals surface area contributed by atoms with Crippen molar-refractivity contribution in [1.82, 2.24) is 16.0 Å². The Labute approximate surface area is 155 Å². The molecule has 1 saturated heterocycles. The van der Waals surface area contributed by atoms with Gasteiger partial charge < -0.3 is 16.0 Å². The number of carbonyl (C=O) groups excluding carboxylic acids is 2. The summed E-state index contributed by atoms with van der Waals surface area (Å²) in [7, 11) is 1.63. The van der Waals surface area contributed by atoms with Gasteiger partial charge in [-0.3, -0.25) is 9.59 Å². The van der Waals surface area contributed by atoms with Gasteiger partial charge in [0.15, 0.2) is 0 Å². The van der Waals surface area contributed by atoms with Crippen LogP contribution in [0.1, 0.15) is 48.0 Å². The first-order valence-electron chi connectivity index (χ1n) is 9.02. The van der Waals surface area contributed by atoms with Gasteiger partial charge in [0, 0.05) is 25.2 Å². The monoisotopic (exact) mass is 365 g/mol. The number of rotatable bonds is 5. The maximum Gasteiger partial charge on any atom is 0.251 e. The number of nitrogens with one attached hydrogen (secondary N) is 3. The van der Waals surface area contributed by atoms with Crippen LogP contribution in [0, 0.1) is 5.92 Å². The van der Waals surface area contributed by atoms with Gasteiger partial charge in [0.1, 0.15) is 0 Å². The Balaban J connectivity index is 0.00000225. The summed E-state index contributed by atoms with van der Waals surface area (Å²) in [6.07, 6.45) is 6.76. The SMILES string of the molecule is CNC(=O)c1cccc(CCNC(=O)C2CC3CCCCC3N2)c1.Cl. The Morgan fingerprint density at radius 1 is 1.24 bits per heavy atom. The van der Waals surface area contributed by atoms with Crippen LogP contribution >= 0.6 is 12.4 Å². The standard InChI is InChI=1S/C19H27N3O2.ClH/c1-20-18(23)15-7-4-5-13(11-15)9-10-21-19(24)17-12-14-6-2-3-8-16(14)22-17;/h4-5,7,11,14,16-17,22H,2-3,6,8-10,12H2,1H3,(H,20,23)(H,21,24);1H. The fraction of sp³-hybridized carbons (Fsp3) is 0.579. The summed E-state index contributed by atoms with van der Waals surface area (Å²) in [5.74, 6) is 0.712. The quantitative estimate of drug-likeness (QED) is 0.748. The van der Waals surface area contributed by atoms with E-state index in [1.165, 1.54) is 25.7 Å². The highest BCUT2D eigenvalue weighted by Crippen LogP contribution is 2.33. The van der Waals surface area contributed by atoms with Crippen molar-refractivity contribution < 1.29 is 9.59 Å². The van der Waals surface area contributed by atoms with E-state index in [1.54, 1.807) is 13.1 Å². The Hall–Kier alpha value is -1.59. The summed E-state index contributed by atoms with van der Waals surface area (Å²) in [5.41, 5.74) is 1.72. The highest BCUT2D eigenvalue weighted by atomic mass is 35.5. The summed E-state index contributed by atoms with van der Waals surface area (Å²) in [6, 6.07) is 8.05. The molecule has 1 heterocycles. The zero-order valence-corrected chi connectivity index (χ0v) is 15.5. The summed E-state index contributed by atoms with van der Waals surface area (Å²) in [6.45, 7) is 0.601. The average molecular weight is 366 g/mol. The Morgan fingerprint density at radius 2 is 2.04 bits per heavy atom. The topological polar surface area (TPSA) is 70.2 Å². The molecule has 2 fully saturated rings. The molecule has 0 bridgehead atoms. The Morgan fingerprint density at radius 3 is 2.80 bits per heavy atom. The zero-order valence-electron chi connectivity index (χ0n) is 14.7. The molecule has 3 atom stereocenters. The first-order chi connectivity index (χ1) is 11.7. The van der Waals surface area contributed by atoms with Crippen molar-refractivity contribution in [3.05, 3.63) is 35.4 Å². The van der Waals surface area contributed by atoms with Crippen LogP contribution in [0.3, 0.4) is 0 Å². The average Bonchev–Trinajstić information content (AvgIpc) is 3.05. The van der Waals surface area contributed by atoms with Crippen LogP contribution < -0.4 is 16.0 Å². The lowest BCUT2D eigenvalue weighted by Crippen LogP contribution is -2.43. The van der Waals surface area contributed by atoms with E-state index in [9.17, 15) is 9.59 Å². The number of hydrogen-bond donors (Lipinski definition) is 3. The molecular formula is C19H28ClN3O2. The molecular weight excluding hydrogens is 338 g/mol. The van der Waals surface area contributed by atoms with Crippen molar-refractivity contribution in [3.63, 3.8) is 0 Å². The summed E-state index contributed by atoms with van der Waals surface area (Å²) in [4.78, 5) is 24.0. The molecule has 0 radical (unpaired) electrons. The molecule has 2 aliphatic rings. The van der Waals surface area contributed by atoms with Crippen molar-refractivity contribution in [3.8, 4) is 0 Å². The summed E-state index contributed by atoms with van der Waals surface area (Å²) < 4.78 is 0. The van der Waals surface area contributed by atoms with Crippen molar-refractivity contribution in [2.45, 2.75) is 50.6 Å². The molecule has 6 heteroatoms. The van der Waals surface area contributed by atoms with Crippen molar-refractivity contribution >= 4 is 24.2 Å². The molecule has 1 aliphatic carbocycles. The van der Waals surface area contributed by atoms with Crippen molar-refractivity contribution in [2.75, 3.05) is 13.6 Å². The lowest BCUT2D eigenvalue weighted by Gasteiger charge is -2.24. The number of fused-ring (bicyclic) bond motifs is 1. The third-order valence-electron chi connectivity index (χ3n) is 5.31. The van der Waals surface area contributed by atoms with E-state index in [2.05, 4.69) is 16.0 Å². The van der Waals surface area contributed by atoms with E-state index < -0.39 is 0 Å². The largest absolute Gasteiger partial charge is 0.355 e. The molecule has 3 unspecified atom stereocenters. The first kappa shape index (κ1) is 19.7. The highest BCUT2D eigenvalue weighted by molar-refractivity contribution is 5.94. The number of benzene rings is 1. The first-order valence-corrected chi connectivity index (χ1v) is 9.02. The van der Waals surface area contributed by atoms with Gasteiger partial charge in [-0.15, -0.1) is 12.4 Å². The summed E-state index contributed by atoms with van der Waals surface area (Å²) >= 11 is 0. The van der Waals surface area contributed by atoms with Gasteiger partial charge in [-0.05, 0) is 49.3 Å². The minimum atomic E-state index is -0.0846. The third-order valence-corrected chi connectivity index (χ3v) is 5.31. The van der Waals surface area contributed by atoms with E-state index in [0.717, 1.165) is 18.4 Å². The fourth-order valence-electron chi connectivity index (χ4n) is 3.99. The van der Waals surface area contributed by atoms with E-state index in [1.807, 2.05) is 18.2 Å². The lowest BCUT2D eigenvalue weighted by molar-refractivity contribution is -0.122. The van der Waals surface area contributed by atoms with Gasteiger partial charge in [-0.25, -0.2) is 0 Å². The van der Waals surface area contributed by atoms with E-state index in [0.29, 0.717) is 24.1 Å². The predicted molar refractivity (Wildman–Crippen MR) is 101 cm³/mol. The molecule has 1 aromatic rings. The molecule has 0 aromatic heterocycles. The number of hydrogen-bond acceptors (Lipinski definition) is 3. The van der Waals surface area contributed by atoms with Crippen LogP contribution in [0.5, 0.6) is 0 Å². The minimum absolute atomic E-state index is 0. The molecule has 138 valence electrons. The maximum atomic E-state index is 12.4. The molecule has 5 nitrogen and oxygen atoms in total. The van der Waals surface area contributed by atoms with Crippen LogP contribution in [0.25, 0.3) is 0 Å². The summed E-state index contributed by atoms with van der Waals surface area (Å²) in [5, 5.41) is 9.18. The van der Waals surface area contributed by atoms with Crippen LogP contribution in [-0.2, 0) is 11.2 Å². The lowest BCUT2D eigenvalue weighted by atomic mass is 9.85. The van der Waals surface area contributed by atoms with E-state index in [4.69, 9.17) is 0 Å². The number of amides is 2. The van der Waals surface area contributed by atoms with Gasteiger partial charge in [0.2, 0.25) is 5.91 Å². The molecule has 1 aliphatic heterocycles. The molecule has 25 heavy (non-hydrogen) atoms. The van der Waals surface area contributed by atoms with E-state index >= 15 is 0 Å². The van der Waals surface area contributed by atoms with Gasteiger partial charge in [0.05, 0.1) is 6.04 Å². The van der Waals surface area contributed by atoms with Crippen LogP contribution in [0.4, 0.5) is 0 Å². The second-order valence-corrected chi connectivity index (χ2v) is 6.93. The zero-order chi connectivity index (χ0) is 16.9. The third kappa shape index (κ3) is 4.95. The van der Waals surface area contributed by atoms with Gasteiger partial charge in [-0.1, -0.05) is 25.0 Å². The van der Waals surface area contributed by atoms with Crippen LogP contribution in [0.2, 0.25) is 0 Å². The molecule has 3 rings (SSSR count).